The second-order valence-corrected chi connectivity index (χ2v) is 5.83. The summed E-state index contributed by atoms with van der Waals surface area (Å²) in [7, 11) is 0. The number of amides is 1. The summed E-state index contributed by atoms with van der Waals surface area (Å²) in [6, 6.07) is 3.27. The Morgan fingerprint density at radius 1 is 1.48 bits per heavy atom. The molecule has 0 aromatic carbocycles. The molecule has 2 aliphatic rings. The van der Waals surface area contributed by atoms with Gasteiger partial charge in [-0.2, -0.15) is 0 Å². The summed E-state index contributed by atoms with van der Waals surface area (Å²) < 4.78 is 5.85. The minimum atomic E-state index is -0.452. The average molecular weight is 291 g/mol. The van der Waals surface area contributed by atoms with Crippen LogP contribution in [0.4, 0.5) is 5.82 Å². The number of aliphatic hydroxyl groups is 1. The molecule has 1 aromatic rings. The van der Waals surface area contributed by atoms with E-state index in [1.807, 2.05) is 0 Å². The molecule has 0 unspecified atom stereocenters. The number of rotatable bonds is 1. The van der Waals surface area contributed by atoms with Gasteiger partial charge >= 0.3 is 0 Å². The van der Waals surface area contributed by atoms with Crippen molar-refractivity contribution in [3.05, 3.63) is 23.9 Å². The van der Waals surface area contributed by atoms with E-state index in [0.717, 1.165) is 12.8 Å². The van der Waals surface area contributed by atoms with Gasteiger partial charge in [0, 0.05) is 31.5 Å². The van der Waals surface area contributed by atoms with Crippen LogP contribution in [0.3, 0.4) is 0 Å². The molecule has 0 aliphatic carbocycles. The first-order valence-electron chi connectivity index (χ1n) is 7.44. The molecule has 114 valence electrons. The van der Waals surface area contributed by atoms with Gasteiger partial charge < -0.3 is 20.5 Å². The van der Waals surface area contributed by atoms with Crippen LogP contribution < -0.4 is 5.73 Å². The molecule has 3 rings (SSSR count). The van der Waals surface area contributed by atoms with E-state index < -0.39 is 11.7 Å². The zero-order chi connectivity index (χ0) is 14.9. The number of likely N-dealkylation sites (tertiary alicyclic amines) is 1. The molecule has 0 bridgehead atoms. The van der Waals surface area contributed by atoms with Crippen LogP contribution in [0.5, 0.6) is 0 Å². The molecule has 6 nitrogen and oxygen atoms in total. The summed E-state index contributed by atoms with van der Waals surface area (Å²) in [5.74, 6) is 0.310. The van der Waals surface area contributed by atoms with Crippen LogP contribution in [0.25, 0.3) is 0 Å². The molecule has 2 saturated heterocycles. The predicted molar refractivity (Wildman–Crippen MR) is 77.7 cm³/mol. The SMILES string of the molecule is Nc1cc(C(=O)N2CCC3(CC2)OCCC[C@H]3O)ccn1. The van der Waals surface area contributed by atoms with Crippen molar-refractivity contribution < 1.29 is 14.6 Å². The van der Waals surface area contributed by atoms with Gasteiger partial charge in [0.15, 0.2) is 0 Å². The van der Waals surface area contributed by atoms with E-state index in [1.54, 1.807) is 23.2 Å². The van der Waals surface area contributed by atoms with E-state index in [2.05, 4.69) is 4.98 Å². The van der Waals surface area contributed by atoms with Gasteiger partial charge in [0.2, 0.25) is 0 Å². The monoisotopic (exact) mass is 291 g/mol. The third kappa shape index (κ3) is 2.73. The third-order valence-corrected chi connectivity index (χ3v) is 4.54. The number of hydrogen-bond acceptors (Lipinski definition) is 5. The molecule has 2 aliphatic heterocycles. The highest BCUT2D eigenvalue weighted by Gasteiger charge is 2.44. The van der Waals surface area contributed by atoms with Crippen LogP contribution in [0.15, 0.2) is 18.3 Å². The van der Waals surface area contributed by atoms with E-state index in [9.17, 15) is 9.90 Å². The molecule has 6 heteroatoms. The lowest BCUT2D eigenvalue weighted by atomic mass is 9.82. The van der Waals surface area contributed by atoms with E-state index in [4.69, 9.17) is 10.5 Å². The molecule has 2 fully saturated rings. The Bertz CT molecular complexity index is 527. The van der Waals surface area contributed by atoms with Crippen molar-refractivity contribution in [2.24, 2.45) is 0 Å². The fourth-order valence-electron chi connectivity index (χ4n) is 3.24. The summed E-state index contributed by atoms with van der Waals surface area (Å²) in [5, 5.41) is 10.2. The Balaban J connectivity index is 1.67. The summed E-state index contributed by atoms with van der Waals surface area (Å²) >= 11 is 0. The van der Waals surface area contributed by atoms with Gasteiger partial charge in [-0.3, -0.25) is 4.79 Å². The topological polar surface area (TPSA) is 88.7 Å². The molecule has 1 spiro atoms. The number of piperidine rings is 1. The van der Waals surface area contributed by atoms with Gasteiger partial charge in [0.05, 0.1) is 11.7 Å². The number of aliphatic hydroxyl groups excluding tert-OH is 1. The lowest BCUT2D eigenvalue weighted by Crippen LogP contribution is -2.56. The van der Waals surface area contributed by atoms with Crippen molar-refractivity contribution in [2.45, 2.75) is 37.4 Å². The highest BCUT2D eigenvalue weighted by molar-refractivity contribution is 5.94. The number of aromatic nitrogens is 1. The van der Waals surface area contributed by atoms with Crippen LogP contribution in [0.2, 0.25) is 0 Å². The van der Waals surface area contributed by atoms with Crippen molar-refractivity contribution in [3.63, 3.8) is 0 Å². The molecule has 1 amide bonds. The van der Waals surface area contributed by atoms with Crippen molar-refractivity contribution in [3.8, 4) is 0 Å². The minimum Gasteiger partial charge on any atom is -0.390 e. The Labute approximate surface area is 123 Å². The number of nitrogen functional groups attached to an aromatic ring is 1. The van der Waals surface area contributed by atoms with E-state index in [-0.39, 0.29) is 5.91 Å². The maximum Gasteiger partial charge on any atom is 0.254 e. The van der Waals surface area contributed by atoms with Gasteiger partial charge in [0.1, 0.15) is 5.82 Å². The average Bonchev–Trinajstić information content (AvgIpc) is 2.50. The first-order chi connectivity index (χ1) is 10.1. The predicted octanol–water partition coefficient (Wildman–Crippen LogP) is 0.810. The molecule has 3 heterocycles. The molecule has 0 radical (unpaired) electrons. The van der Waals surface area contributed by atoms with Gasteiger partial charge in [-0.05, 0) is 37.8 Å². The third-order valence-electron chi connectivity index (χ3n) is 4.54. The first-order valence-corrected chi connectivity index (χ1v) is 7.44. The highest BCUT2D eigenvalue weighted by atomic mass is 16.5. The first kappa shape index (κ1) is 14.3. The lowest BCUT2D eigenvalue weighted by Gasteiger charge is -2.46. The van der Waals surface area contributed by atoms with Crippen molar-refractivity contribution in [2.75, 3.05) is 25.4 Å². The molecular weight excluding hydrogens is 270 g/mol. The summed E-state index contributed by atoms with van der Waals surface area (Å²) in [6.45, 7) is 1.89. The fourth-order valence-corrected chi connectivity index (χ4v) is 3.24. The number of nitrogens with zero attached hydrogens (tertiary/aromatic N) is 2. The summed E-state index contributed by atoms with van der Waals surface area (Å²) in [4.78, 5) is 18.1. The van der Waals surface area contributed by atoms with Gasteiger partial charge in [-0.15, -0.1) is 0 Å². The van der Waals surface area contributed by atoms with Crippen LogP contribution in [0.1, 0.15) is 36.0 Å². The smallest absolute Gasteiger partial charge is 0.254 e. The van der Waals surface area contributed by atoms with Crippen LogP contribution >= 0.6 is 0 Å². The second-order valence-electron chi connectivity index (χ2n) is 5.83. The van der Waals surface area contributed by atoms with Crippen LogP contribution in [-0.4, -0.2) is 52.3 Å². The van der Waals surface area contributed by atoms with E-state index >= 15 is 0 Å². The zero-order valence-electron chi connectivity index (χ0n) is 12.0. The van der Waals surface area contributed by atoms with Gasteiger partial charge in [-0.25, -0.2) is 4.98 Å². The van der Waals surface area contributed by atoms with Crippen molar-refractivity contribution >= 4 is 11.7 Å². The summed E-state index contributed by atoms with van der Waals surface area (Å²) in [5.41, 5.74) is 5.73. The normalized spacial score (nSPS) is 25.0. The standard InChI is InChI=1S/C15H21N3O3/c16-13-10-11(3-6-17-13)14(20)18-7-4-15(5-8-18)12(19)2-1-9-21-15/h3,6,10,12,19H,1-2,4-5,7-9H2,(H2,16,17)/t12-/m1/s1. The molecular formula is C15H21N3O3. The molecule has 21 heavy (non-hydrogen) atoms. The minimum absolute atomic E-state index is 0.0377. The van der Waals surface area contributed by atoms with Crippen LogP contribution in [0, 0.1) is 0 Å². The molecule has 1 aromatic heterocycles. The number of ether oxygens (including phenoxy) is 1. The zero-order valence-corrected chi connectivity index (χ0v) is 12.0. The second kappa shape index (κ2) is 5.61. The summed E-state index contributed by atoms with van der Waals surface area (Å²) in [6.07, 6.45) is 4.18. The number of anilines is 1. The lowest BCUT2D eigenvalue weighted by molar-refractivity contribution is -0.174. The maximum absolute atomic E-state index is 12.4. The molecule has 1 atom stereocenters. The number of carbonyl (C=O) groups excluding carboxylic acids is 1. The Morgan fingerprint density at radius 3 is 2.90 bits per heavy atom. The molecule has 3 N–H and O–H groups in total. The van der Waals surface area contributed by atoms with Crippen molar-refractivity contribution in [1.82, 2.24) is 9.88 Å². The van der Waals surface area contributed by atoms with E-state index in [0.29, 0.717) is 43.9 Å². The van der Waals surface area contributed by atoms with Crippen LogP contribution in [-0.2, 0) is 4.74 Å². The van der Waals surface area contributed by atoms with Gasteiger partial charge in [0.25, 0.3) is 5.91 Å². The quantitative estimate of drug-likeness (QED) is 0.799. The largest absolute Gasteiger partial charge is 0.390 e. The maximum atomic E-state index is 12.4. The van der Waals surface area contributed by atoms with Gasteiger partial charge in [-0.1, -0.05) is 0 Å². The molecule has 0 saturated carbocycles. The fraction of sp³-hybridized carbons (Fsp3) is 0.600. The number of hydrogen-bond donors (Lipinski definition) is 2. The van der Waals surface area contributed by atoms with E-state index in [1.165, 1.54) is 0 Å². The Morgan fingerprint density at radius 2 is 2.24 bits per heavy atom. The Hall–Kier alpha value is -1.66. The highest BCUT2D eigenvalue weighted by Crippen LogP contribution is 2.35. The number of pyridine rings is 1. The van der Waals surface area contributed by atoms with Crippen molar-refractivity contribution in [1.29, 1.82) is 0 Å². The number of carbonyl (C=O) groups is 1. The Kier molecular flexibility index (Phi) is 3.82. The number of nitrogens with two attached hydrogens (primary N) is 1.